The number of ether oxygens (including phenoxy) is 7. The Hall–Kier alpha value is -4.00. The van der Waals surface area contributed by atoms with Crippen LogP contribution in [0.1, 0.15) is 63.0 Å². The Kier molecular flexibility index (Phi) is 9.67. The number of benzene rings is 2. The minimum Gasteiger partial charge on any atom is -0.494 e. The molecule has 0 amide bonds. The molecule has 236 valence electrons. The number of carbonyl (C=O) groups excluding carboxylic acids is 5. The van der Waals surface area contributed by atoms with Crippen LogP contribution in [0.4, 0.5) is 0 Å². The van der Waals surface area contributed by atoms with Crippen molar-refractivity contribution in [1.82, 2.24) is 0 Å². The summed E-state index contributed by atoms with van der Waals surface area (Å²) in [5.41, 5.74) is -1.21. The van der Waals surface area contributed by atoms with E-state index < -0.39 is 65.5 Å². The van der Waals surface area contributed by atoms with E-state index in [2.05, 4.69) is 0 Å². The van der Waals surface area contributed by atoms with Gasteiger partial charge in [0.25, 0.3) is 0 Å². The Morgan fingerprint density at radius 3 is 2.07 bits per heavy atom. The van der Waals surface area contributed by atoms with E-state index in [9.17, 15) is 24.0 Å². The SMILES string of the molecule is CCOc1ccc(C(=O)c2cc([C@]34OC[C@](C(C)OC(C)=O)(O3)[C@@H](OC(C)=O)[C@H](OC(C)=O)[C@H]4OC(C)=O)ccc2Cl)cc1. The molecule has 44 heavy (non-hydrogen) atoms. The molecule has 2 aromatic carbocycles. The Bertz CT molecular complexity index is 1460. The normalized spacial score (nSPS) is 26.2. The zero-order valence-electron chi connectivity index (χ0n) is 25.0. The van der Waals surface area contributed by atoms with Crippen LogP contribution in [-0.4, -0.2) is 72.9 Å². The monoisotopic (exact) mass is 632 g/mol. The number of rotatable bonds is 10. The van der Waals surface area contributed by atoms with E-state index >= 15 is 0 Å². The number of carbonyl (C=O) groups is 5. The fourth-order valence-electron chi connectivity index (χ4n) is 5.51. The van der Waals surface area contributed by atoms with Gasteiger partial charge in [0.2, 0.25) is 11.9 Å². The van der Waals surface area contributed by atoms with Gasteiger partial charge in [0, 0.05) is 44.4 Å². The fraction of sp³-hybridized carbons (Fsp3) is 0.452. The first kappa shape index (κ1) is 32.9. The molecule has 2 heterocycles. The number of fused-ring (bicyclic) bond motifs is 2. The van der Waals surface area contributed by atoms with Crippen LogP contribution in [0.3, 0.4) is 0 Å². The maximum atomic E-state index is 13.6. The first-order valence-electron chi connectivity index (χ1n) is 13.8. The van der Waals surface area contributed by atoms with Crippen molar-refractivity contribution in [2.45, 2.75) is 77.3 Å². The molecule has 0 radical (unpaired) electrons. The highest BCUT2D eigenvalue weighted by Crippen LogP contribution is 2.54. The second-order valence-electron chi connectivity index (χ2n) is 10.4. The molecule has 12 nitrogen and oxygen atoms in total. The number of halogens is 1. The van der Waals surface area contributed by atoms with Crippen molar-refractivity contribution in [3.8, 4) is 5.75 Å². The minimum atomic E-state index is -2.03. The van der Waals surface area contributed by atoms with E-state index in [1.807, 2.05) is 6.92 Å². The summed E-state index contributed by atoms with van der Waals surface area (Å²) in [6, 6.07) is 10.8. The molecular weight excluding hydrogens is 600 g/mol. The van der Waals surface area contributed by atoms with E-state index in [0.29, 0.717) is 17.9 Å². The third-order valence-corrected chi connectivity index (χ3v) is 7.60. The molecule has 0 aromatic heterocycles. The molecule has 1 unspecified atom stereocenters. The van der Waals surface area contributed by atoms with Crippen molar-refractivity contribution >= 4 is 41.3 Å². The van der Waals surface area contributed by atoms with Crippen molar-refractivity contribution in [3.05, 3.63) is 64.2 Å². The molecule has 4 rings (SSSR count). The molecule has 2 bridgehead atoms. The van der Waals surface area contributed by atoms with Gasteiger partial charge in [0.1, 0.15) is 11.9 Å². The molecule has 6 atom stereocenters. The first-order chi connectivity index (χ1) is 20.7. The van der Waals surface area contributed by atoms with E-state index in [1.165, 1.54) is 32.0 Å². The predicted octanol–water partition coefficient (Wildman–Crippen LogP) is 3.67. The van der Waals surface area contributed by atoms with E-state index in [1.54, 1.807) is 24.3 Å². The summed E-state index contributed by atoms with van der Waals surface area (Å²) in [6.45, 7) is 7.99. The fourth-order valence-corrected chi connectivity index (χ4v) is 5.71. The summed E-state index contributed by atoms with van der Waals surface area (Å²) in [6.07, 6.45) is -5.62. The molecule has 2 aromatic rings. The first-order valence-corrected chi connectivity index (χ1v) is 14.2. The van der Waals surface area contributed by atoms with Crippen LogP contribution < -0.4 is 4.74 Å². The summed E-state index contributed by atoms with van der Waals surface area (Å²) < 4.78 is 40.7. The number of esters is 4. The van der Waals surface area contributed by atoms with Gasteiger partial charge >= 0.3 is 23.9 Å². The predicted molar refractivity (Wildman–Crippen MR) is 152 cm³/mol. The second kappa shape index (κ2) is 12.9. The lowest BCUT2D eigenvalue weighted by molar-refractivity contribution is -0.340. The molecule has 0 saturated carbocycles. The summed E-state index contributed by atoms with van der Waals surface area (Å²) in [5.74, 6) is -4.93. The van der Waals surface area contributed by atoms with Gasteiger partial charge in [-0.3, -0.25) is 24.0 Å². The van der Waals surface area contributed by atoms with Gasteiger partial charge in [0.15, 0.2) is 23.6 Å². The number of ketones is 1. The van der Waals surface area contributed by atoms with Crippen molar-refractivity contribution in [2.24, 2.45) is 0 Å². The molecule has 0 N–H and O–H groups in total. The highest BCUT2D eigenvalue weighted by molar-refractivity contribution is 6.35. The van der Waals surface area contributed by atoms with Crippen molar-refractivity contribution in [2.75, 3.05) is 13.2 Å². The van der Waals surface area contributed by atoms with E-state index in [-0.39, 0.29) is 22.8 Å². The summed E-state index contributed by atoms with van der Waals surface area (Å²) in [4.78, 5) is 62.8. The topological polar surface area (TPSA) is 150 Å². The third kappa shape index (κ3) is 6.28. The van der Waals surface area contributed by atoms with E-state index in [4.69, 9.17) is 44.8 Å². The summed E-state index contributed by atoms with van der Waals surface area (Å²) >= 11 is 6.50. The van der Waals surface area contributed by atoms with Crippen molar-refractivity contribution < 1.29 is 57.1 Å². The van der Waals surface area contributed by atoms with Crippen LogP contribution in [-0.2, 0) is 53.4 Å². The molecule has 13 heteroatoms. The van der Waals surface area contributed by atoms with Gasteiger partial charge in [0.05, 0.1) is 18.2 Å². The molecular formula is C31H33ClO12. The van der Waals surface area contributed by atoms with Crippen LogP contribution in [0.25, 0.3) is 0 Å². The minimum absolute atomic E-state index is 0.0631. The standard InChI is InChI=1S/C31H33ClO12/c1-7-38-23-11-8-21(9-12-23)26(37)24-14-22(10-13-25(24)32)31-29(43-20(6)36)27(41-18(4)34)28(42-19(5)35)30(44-31,15-39-31)16(2)40-17(3)33/h8-14,16,27-29H,7,15H2,1-6H3/t16?,27-,28-,29+,30+,31-/m0/s1. The van der Waals surface area contributed by atoms with Crippen LogP contribution in [0, 0.1) is 0 Å². The number of hydrogen-bond donors (Lipinski definition) is 0. The lowest BCUT2D eigenvalue weighted by atomic mass is 9.80. The van der Waals surface area contributed by atoms with Gasteiger partial charge in [-0.15, -0.1) is 0 Å². The number of hydrogen-bond acceptors (Lipinski definition) is 12. The van der Waals surface area contributed by atoms with Gasteiger partial charge in [-0.05, 0) is 50.2 Å². The summed E-state index contributed by atoms with van der Waals surface area (Å²) in [5, 5.41) is 0.107. The molecule has 0 aliphatic carbocycles. The molecule has 2 saturated heterocycles. The lowest BCUT2D eigenvalue weighted by Gasteiger charge is -2.50. The van der Waals surface area contributed by atoms with Crippen molar-refractivity contribution in [3.63, 3.8) is 0 Å². The second-order valence-corrected chi connectivity index (χ2v) is 10.8. The van der Waals surface area contributed by atoms with Crippen molar-refractivity contribution in [1.29, 1.82) is 0 Å². The largest absolute Gasteiger partial charge is 0.494 e. The molecule has 2 aliphatic heterocycles. The third-order valence-electron chi connectivity index (χ3n) is 7.27. The Labute approximate surface area is 258 Å². The van der Waals surface area contributed by atoms with Crippen LogP contribution in [0.15, 0.2) is 42.5 Å². The average molecular weight is 633 g/mol. The maximum absolute atomic E-state index is 13.6. The molecule has 2 fully saturated rings. The zero-order chi connectivity index (χ0) is 32.4. The molecule has 0 spiro atoms. The van der Waals surface area contributed by atoms with Gasteiger partial charge in [-0.1, -0.05) is 17.7 Å². The lowest BCUT2D eigenvalue weighted by Crippen LogP contribution is -2.70. The Morgan fingerprint density at radius 1 is 0.886 bits per heavy atom. The van der Waals surface area contributed by atoms with Gasteiger partial charge in [-0.2, -0.15) is 0 Å². The molecule has 2 aliphatic rings. The van der Waals surface area contributed by atoms with Crippen LogP contribution in [0.5, 0.6) is 5.75 Å². The van der Waals surface area contributed by atoms with E-state index in [0.717, 1.165) is 20.8 Å². The highest BCUT2D eigenvalue weighted by atomic mass is 35.5. The quantitative estimate of drug-likeness (QED) is 0.214. The maximum Gasteiger partial charge on any atom is 0.303 e. The van der Waals surface area contributed by atoms with Gasteiger partial charge < -0.3 is 33.2 Å². The summed E-state index contributed by atoms with van der Waals surface area (Å²) in [7, 11) is 0. The zero-order valence-corrected chi connectivity index (χ0v) is 25.8. The smallest absolute Gasteiger partial charge is 0.303 e. The Morgan fingerprint density at radius 2 is 1.50 bits per heavy atom. The Balaban J connectivity index is 1.90. The van der Waals surface area contributed by atoms with Crippen LogP contribution >= 0.6 is 11.6 Å². The average Bonchev–Trinajstić information content (AvgIpc) is 3.32. The van der Waals surface area contributed by atoms with Crippen LogP contribution in [0.2, 0.25) is 5.02 Å². The highest BCUT2D eigenvalue weighted by Gasteiger charge is 2.74. The van der Waals surface area contributed by atoms with Gasteiger partial charge in [-0.25, -0.2) is 0 Å².